The molecule has 0 bridgehead atoms. The zero-order chi connectivity index (χ0) is 14.7. The molecule has 0 aliphatic heterocycles. The number of carbonyl (C=O) groups is 1. The molecule has 0 saturated carbocycles. The fourth-order valence-corrected chi connectivity index (χ4v) is 2.01. The van der Waals surface area contributed by atoms with E-state index in [0.717, 1.165) is 11.3 Å². The van der Waals surface area contributed by atoms with Crippen LogP contribution in [0.1, 0.15) is 27.2 Å². The maximum atomic E-state index is 10.9. The van der Waals surface area contributed by atoms with Gasteiger partial charge in [-0.25, -0.2) is 4.79 Å². The lowest BCUT2D eigenvalue weighted by atomic mass is 10.1. The molecule has 1 N–H and O–H groups in total. The Kier molecular flexibility index (Phi) is 3.76. The molecule has 2 rings (SSSR count). The van der Waals surface area contributed by atoms with Crippen LogP contribution in [0.3, 0.4) is 0 Å². The third-order valence-electron chi connectivity index (χ3n) is 3.15. The van der Waals surface area contributed by atoms with E-state index in [1.54, 1.807) is 12.3 Å². The van der Waals surface area contributed by atoms with Gasteiger partial charge in [0, 0.05) is 19.2 Å². The molecule has 20 heavy (non-hydrogen) atoms. The van der Waals surface area contributed by atoms with Crippen molar-refractivity contribution in [1.29, 1.82) is 5.26 Å². The number of aromatic carboxylic acids is 1. The molecular formula is C15H14N2O3. The molecule has 0 aliphatic rings. The zero-order valence-electron chi connectivity index (χ0n) is 11.3. The number of anilines is 1. The second kappa shape index (κ2) is 5.49. The number of rotatable bonds is 4. The van der Waals surface area contributed by atoms with Crippen LogP contribution in [0.15, 0.2) is 34.9 Å². The van der Waals surface area contributed by atoms with Gasteiger partial charge in [-0.1, -0.05) is 0 Å². The first kappa shape index (κ1) is 13.7. The Hall–Kier alpha value is -2.74. The standard InChI is InChI=1S/C15H14N2O3/c1-10-12(5-6-20-10)9-17(2)14-4-3-11(15(18)19)7-13(14)8-16/h3-7H,9H2,1-2H3,(H,18,19). The normalized spacial score (nSPS) is 10.1. The van der Waals surface area contributed by atoms with Crippen LogP contribution in [-0.2, 0) is 6.54 Å². The molecule has 0 atom stereocenters. The molecule has 1 aromatic carbocycles. The summed E-state index contributed by atoms with van der Waals surface area (Å²) in [6.45, 7) is 2.46. The SMILES string of the molecule is Cc1occc1CN(C)c1ccc(C(=O)O)cc1C#N. The largest absolute Gasteiger partial charge is 0.478 e. The summed E-state index contributed by atoms with van der Waals surface area (Å²) in [7, 11) is 1.85. The van der Waals surface area contributed by atoms with Crippen molar-refractivity contribution in [3.63, 3.8) is 0 Å². The lowest BCUT2D eigenvalue weighted by Crippen LogP contribution is -2.18. The average Bonchev–Trinajstić information content (AvgIpc) is 2.83. The van der Waals surface area contributed by atoms with Crippen LogP contribution < -0.4 is 4.90 Å². The molecule has 0 unspecified atom stereocenters. The highest BCUT2D eigenvalue weighted by Gasteiger charge is 2.13. The second-order valence-corrected chi connectivity index (χ2v) is 4.51. The summed E-state index contributed by atoms with van der Waals surface area (Å²) < 4.78 is 5.24. The van der Waals surface area contributed by atoms with E-state index in [1.165, 1.54) is 12.1 Å². The molecule has 0 aliphatic carbocycles. The Bertz CT molecular complexity index is 683. The number of benzene rings is 1. The molecule has 2 aromatic rings. The molecule has 1 heterocycles. The highest BCUT2D eigenvalue weighted by Crippen LogP contribution is 2.23. The van der Waals surface area contributed by atoms with Crippen LogP contribution in [0.4, 0.5) is 5.69 Å². The van der Waals surface area contributed by atoms with Crippen LogP contribution in [0.5, 0.6) is 0 Å². The number of hydrogen-bond acceptors (Lipinski definition) is 4. The van der Waals surface area contributed by atoms with Gasteiger partial charge >= 0.3 is 5.97 Å². The van der Waals surface area contributed by atoms with E-state index in [0.29, 0.717) is 17.8 Å². The Morgan fingerprint density at radius 1 is 1.45 bits per heavy atom. The summed E-state index contributed by atoms with van der Waals surface area (Å²) >= 11 is 0. The van der Waals surface area contributed by atoms with Crippen molar-refractivity contribution in [3.8, 4) is 6.07 Å². The number of aryl methyl sites for hydroxylation is 1. The summed E-state index contributed by atoms with van der Waals surface area (Å²) in [6.07, 6.45) is 1.62. The Balaban J connectivity index is 2.30. The van der Waals surface area contributed by atoms with Crippen molar-refractivity contribution in [1.82, 2.24) is 0 Å². The first-order chi connectivity index (χ1) is 9.52. The van der Waals surface area contributed by atoms with Gasteiger partial charge in [-0.2, -0.15) is 5.26 Å². The quantitative estimate of drug-likeness (QED) is 0.924. The van der Waals surface area contributed by atoms with Crippen molar-refractivity contribution in [2.24, 2.45) is 0 Å². The van der Waals surface area contributed by atoms with Gasteiger partial charge in [-0.15, -0.1) is 0 Å². The number of hydrogen-bond donors (Lipinski definition) is 1. The van der Waals surface area contributed by atoms with Gasteiger partial charge in [0.05, 0.1) is 23.1 Å². The van der Waals surface area contributed by atoms with E-state index >= 15 is 0 Å². The van der Waals surface area contributed by atoms with Crippen LogP contribution >= 0.6 is 0 Å². The molecule has 0 radical (unpaired) electrons. The Labute approximate surface area is 116 Å². The molecule has 0 saturated heterocycles. The van der Waals surface area contributed by atoms with E-state index in [9.17, 15) is 4.79 Å². The highest BCUT2D eigenvalue weighted by molar-refractivity contribution is 5.89. The monoisotopic (exact) mass is 270 g/mol. The van der Waals surface area contributed by atoms with Crippen molar-refractivity contribution in [3.05, 3.63) is 53.0 Å². The first-order valence-corrected chi connectivity index (χ1v) is 6.04. The van der Waals surface area contributed by atoms with Gasteiger partial charge in [-0.3, -0.25) is 0 Å². The predicted octanol–water partition coefficient (Wildman–Crippen LogP) is 2.79. The lowest BCUT2D eigenvalue weighted by molar-refractivity contribution is 0.0697. The molecule has 0 spiro atoms. The number of nitriles is 1. The highest BCUT2D eigenvalue weighted by atomic mass is 16.4. The van der Waals surface area contributed by atoms with E-state index in [2.05, 4.69) is 0 Å². The second-order valence-electron chi connectivity index (χ2n) is 4.51. The summed E-state index contributed by atoms with van der Waals surface area (Å²) in [5.74, 6) is -0.209. The average molecular weight is 270 g/mol. The maximum absolute atomic E-state index is 10.9. The van der Waals surface area contributed by atoms with Crippen molar-refractivity contribution in [2.75, 3.05) is 11.9 Å². The fraction of sp³-hybridized carbons (Fsp3) is 0.200. The van der Waals surface area contributed by atoms with E-state index in [4.69, 9.17) is 14.8 Å². The van der Waals surface area contributed by atoms with Crippen molar-refractivity contribution < 1.29 is 14.3 Å². The van der Waals surface area contributed by atoms with Crippen LogP contribution in [-0.4, -0.2) is 18.1 Å². The van der Waals surface area contributed by atoms with Crippen LogP contribution in [0, 0.1) is 18.3 Å². The van der Waals surface area contributed by atoms with E-state index in [-0.39, 0.29) is 5.56 Å². The minimum Gasteiger partial charge on any atom is -0.478 e. The smallest absolute Gasteiger partial charge is 0.335 e. The number of carboxylic acids is 1. The van der Waals surface area contributed by atoms with Gasteiger partial charge in [0.25, 0.3) is 0 Å². The zero-order valence-corrected chi connectivity index (χ0v) is 11.3. The van der Waals surface area contributed by atoms with Crippen molar-refractivity contribution in [2.45, 2.75) is 13.5 Å². The molecular weight excluding hydrogens is 256 g/mol. The molecule has 102 valence electrons. The summed E-state index contributed by atoms with van der Waals surface area (Å²) in [6, 6.07) is 8.45. The maximum Gasteiger partial charge on any atom is 0.335 e. The summed E-state index contributed by atoms with van der Waals surface area (Å²) in [4.78, 5) is 12.8. The van der Waals surface area contributed by atoms with Crippen LogP contribution in [0.2, 0.25) is 0 Å². The Morgan fingerprint density at radius 2 is 2.20 bits per heavy atom. The van der Waals surface area contributed by atoms with E-state index < -0.39 is 5.97 Å². The number of nitrogens with zero attached hydrogens (tertiary/aromatic N) is 2. The number of furan rings is 1. The van der Waals surface area contributed by atoms with Gasteiger partial charge < -0.3 is 14.4 Å². The molecule has 5 heteroatoms. The van der Waals surface area contributed by atoms with Gasteiger partial charge in [0.15, 0.2) is 0 Å². The van der Waals surface area contributed by atoms with Crippen molar-refractivity contribution >= 4 is 11.7 Å². The van der Waals surface area contributed by atoms with Crippen LogP contribution in [0.25, 0.3) is 0 Å². The lowest BCUT2D eigenvalue weighted by Gasteiger charge is -2.20. The van der Waals surface area contributed by atoms with Gasteiger partial charge in [-0.05, 0) is 31.2 Å². The Morgan fingerprint density at radius 3 is 2.75 bits per heavy atom. The molecule has 0 fully saturated rings. The van der Waals surface area contributed by atoms with E-state index in [1.807, 2.05) is 31.0 Å². The minimum atomic E-state index is -1.04. The summed E-state index contributed by atoms with van der Waals surface area (Å²) in [5.41, 5.74) is 2.17. The van der Waals surface area contributed by atoms with Gasteiger partial charge in [0.1, 0.15) is 11.8 Å². The minimum absolute atomic E-state index is 0.109. The molecule has 0 amide bonds. The molecule has 5 nitrogen and oxygen atoms in total. The molecule has 1 aromatic heterocycles. The topological polar surface area (TPSA) is 77.5 Å². The third kappa shape index (κ3) is 2.64. The first-order valence-electron chi connectivity index (χ1n) is 6.04. The van der Waals surface area contributed by atoms with Gasteiger partial charge in [0.2, 0.25) is 0 Å². The number of carboxylic acid groups (broad SMARTS) is 1. The summed E-state index contributed by atoms with van der Waals surface area (Å²) in [5, 5.41) is 18.1. The third-order valence-corrected chi connectivity index (χ3v) is 3.15. The fourth-order valence-electron chi connectivity index (χ4n) is 2.01. The predicted molar refractivity (Wildman–Crippen MR) is 73.7 cm³/mol.